The molecular weight excluding hydrogens is 338 g/mol. The Balaban J connectivity index is 2.01. The van der Waals surface area contributed by atoms with Crippen molar-refractivity contribution >= 4 is 17.5 Å². The topological polar surface area (TPSA) is 52.7 Å². The van der Waals surface area contributed by atoms with Gasteiger partial charge >= 0.3 is 0 Å². The molecule has 0 aliphatic carbocycles. The first-order chi connectivity index (χ1) is 12.7. The number of benzene rings is 1. The van der Waals surface area contributed by atoms with E-state index in [1.165, 1.54) is 0 Å². The van der Waals surface area contributed by atoms with Gasteiger partial charge in [-0.25, -0.2) is 0 Å². The van der Waals surface area contributed by atoms with Crippen molar-refractivity contribution in [2.75, 3.05) is 11.9 Å². The number of carbonyl (C=O) groups excluding carboxylic acids is 2. The van der Waals surface area contributed by atoms with Gasteiger partial charge in [-0.1, -0.05) is 38.1 Å². The third-order valence-electron chi connectivity index (χ3n) is 6.08. The van der Waals surface area contributed by atoms with E-state index in [1.807, 2.05) is 41.0 Å². The monoisotopic (exact) mass is 367 g/mol. The highest BCUT2D eigenvalue weighted by molar-refractivity contribution is 6.09. The van der Waals surface area contributed by atoms with Crippen molar-refractivity contribution in [2.45, 2.75) is 64.7 Å². The summed E-state index contributed by atoms with van der Waals surface area (Å²) in [6.07, 6.45) is 1.67. The molecule has 0 bridgehead atoms. The van der Waals surface area contributed by atoms with Crippen LogP contribution in [0, 0.1) is 5.92 Å². The summed E-state index contributed by atoms with van der Waals surface area (Å²) < 4.78 is 0. The van der Waals surface area contributed by atoms with Gasteiger partial charge < -0.3 is 15.1 Å². The summed E-state index contributed by atoms with van der Waals surface area (Å²) in [5.41, 5.74) is 1.83. The molecule has 1 aromatic rings. The average Bonchev–Trinajstić information content (AvgIpc) is 3.10. The molecule has 5 nitrogen and oxygen atoms in total. The van der Waals surface area contributed by atoms with Crippen LogP contribution in [0.4, 0.5) is 5.69 Å². The first kappa shape index (κ1) is 18.1. The van der Waals surface area contributed by atoms with Gasteiger partial charge in [-0.3, -0.25) is 9.59 Å². The Bertz CT molecular complexity index is 851. The van der Waals surface area contributed by atoms with Crippen LogP contribution in [0.3, 0.4) is 0 Å². The molecule has 0 radical (unpaired) electrons. The van der Waals surface area contributed by atoms with Crippen molar-refractivity contribution in [1.82, 2.24) is 9.80 Å². The molecule has 3 heterocycles. The average molecular weight is 367 g/mol. The van der Waals surface area contributed by atoms with E-state index in [1.54, 1.807) is 0 Å². The number of amides is 2. The Hall–Kier alpha value is -2.30. The number of nitrogens with one attached hydrogen (secondary N) is 1. The number of hydrogen-bond donors (Lipinski definition) is 1. The van der Waals surface area contributed by atoms with E-state index >= 15 is 0 Å². The van der Waals surface area contributed by atoms with Gasteiger partial charge in [0.15, 0.2) is 0 Å². The zero-order chi connectivity index (χ0) is 19.7. The lowest BCUT2D eigenvalue weighted by Crippen LogP contribution is -2.53. The van der Waals surface area contributed by atoms with Gasteiger partial charge in [-0.05, 0) is 45.2 Å². The molecular formula is C22H29N3O2. The third kappa shape index (κ3) is 2.11. The van der Waals surface area contributed by atoms with Crippen molar-refractivity contribution in [3.63, 3.8) is 0 Å². The molecule has 4 rings (SSSR count). The lowest BCUT2D eigenvalue weighted by molar-refractivity contribution is -0.142. The van der Waals surface area contributed by atoms with Crippen molar-refractivity contribution < 1.29 is 9.59 Å². The molecule has 3 atom stereocenters. The minimum Gasteiger partial charge on any atom is -0.364 e. The van der Waals surface area contributed by atoms with Gasteiger partial charge in [0, 0.05) is 23.3 Å². The second-order valence-corrected chi connectivity index (χ2v) is 9.30. The Morgan fingerprint density at radius 2 is 1.89 bits per heavy atom. The Kier molecular flexibility index (Phi) is 3.75. The van der Waals surface area contributed by atoms with Crippen molar-refractivity contribution in [3.8, 4) is 0 Å². The highest BCUT2D eigenvalue weighted by Gasteiger charge is 2.73. The summed E-state index contributed by atoms with van der Waals surface area (Å²) >= 11 is 0. The van der Waals surface area contributed by atoms with Crippen LogP contribution in [-0.2, 0) is 15.0 Å². The van der Waals surface area contributed by atoms with E-state index in [2.05, 4.69) is 46.0 Å². The maximum absolute atomic E-state index is 13.7. The maximum Gasteiger partial charge on any atom is 0.251 e. The van der Waals surface area contributed by atoms with E-state index in [4.69, 9.17) is 0 Å². The molecule has 1 N–H and O–H groups in total. The van der Waals surface area contributed by atoms with Crippen LogP contribution in [-0.4, -0.2) is 45.9 Å². The predicted molar refractivity (Wildman–Crippen MR) is 106 cm³/mol. The molecule has 3 aliphatic heterocycles. The van der Waals surface area contributed by atoms with Crippen LogP contribution >= 0.6 is 0 Å². The molecule has 5 heteroatoms. The quantitative estimate of drug-likeness (QED) is 0.817. The van der Waals surface area contributed by atoms with Gasteiger partial charge in [-0.2, -0.15) is 0 Å². The molecule has 1 aromatic carbocycles. The number of allylic oxidation sites excluding steroid dienone is 1. The summed E-state index contributed by atoms with van der Waals surface area (Å²) in [4.78, 5) is 30.9. The lowest BCUT2D eigenvalue weighted by atomic mass is 9.72. The Morgan fingerprint density at radius 3 is 2.48 bits per heavy atom. The van der Waals surface area contributed by atoms with Crippen LogP contribution in [0.1, 0.15) is 47.1 Å². The number of hydrogen-bond acceptors (Lipinski definition) is 3. The summed E-state index contributed by atoms with van der Waals surface area (Å²) in [7, 11) is 0. The number of carbonyl (C=O) groups is 2. The summed E-state index contributed by atoms with van der Waals surface area (Å²) in [6.45, 7) is 12.9. The highest BCUT2D eigenvalue weighted by Crippen LogP contribution is 2.59. The number of nitrogens with zero attached hydrogens (tertiary/aromatic N) is 2. The minimum atomic E-state index is -0.651. The number of fused-ring (bicyclic) bond motifs is 1. The molecule has 2 amide bonds. The van der Waals surface area contributed by atoms with Crippen molar-refractivity contribution in [1.29, 1.82) is 0 Å². The van der Waals surface area contributed by atoms with Gasteiger partial charge in [0.2, 0.25) is 5.91 Å². The fourth-order valence-electron chi connectivity index (χ4n) is 5.33. The van der Waals surface area contributed by atoms with Crippen molar-refractivity contribution in [3.05, 3.63) is 41.5 Å². The van der Waals surface area contributed by atoms with Crippen LogP contribution in [0.25, 0.3) is 0 Å². The van der Waals surface area contributed by atoms with E-state index in [0.29, 0.717) is 12.5 Å². The van der Waals surface area contributed by atoms with Gasteiger partial charge in [-0.15, -0.1) is 0 Å². The van der Waals surface area contributed by atoms with E-state index in [-0.39, 0.29) is 23.5 Å². The summed E-state index contributed by atoms with van der Waals surface area (Å²) in [5, 5.41) is 3.59. The number of anilines is 1. The maximum atomic E-state index is 13.7. The van der Waals surface area contributed by atoms with Crippen LogP contribution in [0.15, 0.2) is 35.9 Å². The number of likely N-dealkylation sites (tertiary alicyclic amines) is 2. The van der Waals surface area contributed by atoms with Crippen LogP contribution in [0.2, 0.25) is 0 Å². The molecule has 3 aliphatic rings. The number of rotatable bonds is 2. The second-order valence-electron chi connectivity index (χ2n) is 9.30. The molecule has 1 spiro atoms. The Labute approximate surface area is 161 Å². The smallest absolute Gasteiger partial charge is 0.251 e. The van der Waals surface area contributed by atoms with E-state index in [9.17, 15) is 9.59 Å². The van der Waals surface area contributed by atoms with Crippen LogP contribution in [0.5, 0.6) is 0 Å². The highest BCUT2D eigenvalue weighted by atomic mass is 16.2. The predicted octanol–water partition coefficient (Wildman–Crippen LogP) is 3.13. The standard InChI is InChI=1S/C22H29N3O2/c1-7-14-18(26)24(12-13(2)3)17-19(27)25(21(4,5)6)20-22(14,17)15-10-8-9-11-16(15)23-20/h7-11,13,17,20,23H,12H2,1-6H3/b14-7-/t17-,20-,22+/m0/s1. The first-order valence-corrected chi connectivity index (χ1v) is 9.82. The van der Waals surface area contributed by atoms with Gasteiger partial charge in [0.1, 0.15) is 12.2 Å². The molecule has 144 valence electrons. The zero-order valence-electron chi connectivity index (χ0n) is 17.0. The van der Waals surface area contributed by atoms with Gasteiger partial charge in [0.25, 0.3) is 5.91 Å². The molecule has 2 saturated heterocycles. The van der Waals surface area contributed by atoms with E-state index in [0.717, 1.165) is 16.8 Å². The molecule has 0 unspecified atom stereocenters. The van der Waals surface area contributed by atoms with Crippen molar-refractivity contribution in [2.24, 2.45) is 5.92 Å². The summed E-state index contributed by atoms with van der Waals surface area (Å²) in [5.74, 6) is 0.337. The third-order valence-corrected chi connectivity index (χ3v) is 6.08. The SMILES string of the molecule is C/C=C1/C(=O)N(CC(C)C)[C@H]2C(=O)N(C(C)(C)C)[C@@H]3Nc4ccccc4[C@]123. The molecule has 27 heavy (non-hydrogen) atoms. The normalized spacial score (nSPS) is 30.9. The largest absolute Gasteiger partial charge is 0.364 e. The zero-order valence-corrected chi connectivity index (χ0v) is 17.0. The fourth-order valence-corrected chi connectivity index (χ4v) is 5.33. The summed E-state index contributed by atoms with van der Waals surface area (Å²) in [6, 6.07) is 7.64. The second kappa shape index (κ2) is 5.60. The van der Waals surface area contributed by atoms with Gasteiger partial charge in [0.05, 0.1) is 5.41 Å². The lowest BCUT2D eigenvalue weighted by Gasteiger charge is -2.39. The first-order valence-electron chi connectivity index (χ1n) is 9.82. The molecule has 2 fully saturated rings. The Morgan fingerprint density at radius 1 is 1.22 bits per heavy atom. The molecule has 0 saturated carbocycles. The van der Waals surface area contributed by atoms with E-state index < -0.39 is 11.5 Å². The minimum absolute atomic E-state index is 0.00149. The fraction of sp³-hybridized carbons (Fsp3) is 0.545. The number of para-hydroxylation sites is 1. The van der Waals surface area contributed by atoms with Crippen LogP contribution < -0.4 is 5.32 Å². The molecule has 0 aromatic heterocycles.